The van der Waals surface area contributed by atoms with E-state index in [1.807, 2.05) is 9.80 Å². The van der Waals surface area contributed by atoms with Crippen LogP contribution in [-0.2, 0) is 28.5 Å². The number of rotatable bonds is 6. The maximum atomic E-state index is 13.0. The zero-order chi connectivity index (χ0) is 24.3. The van der Waals surface area contributed by atoms with Gasteiger partial charge >= 0.3 is 12.1 Å². The van der Waals surface area contributed by atoms with Crippen molar-refractivity contribution in [1.82, 2.24) is 4.90 Å². The highest BCUT2D eigenvalue weighted by Gasteiger charge is 2.31. The van der Waals surface area contributed by atoms with Gasteiger partial charge in [-0.05, 0) is 56.4 Å². The number of nitrogens with one attached hydrogen (secondary N) is 1. The summed E-state index contributed by atoms with van der Waals surface area (Å²) in [7, 11) is 0. The molecule has 1 aliphatic carbocycles. The van der Waals surface area contributed by atoms with E-state index in [0.29, 0.717) is 42.4 Å². The summed E-state index contributed by atoms with van der Waals surface area (Å²) in [5.41, 5.74) is 1.36. The van der Waals surface area contributed by atoms with E-state index in [1.54, 1.807) is 13.0 Å². The van der Waals surface area contributed by atoms with Crippen molar-refractivity contribution in [2.75, 3.05) is 49.5 Å². The summed E-state index contributed by atoms with van der Waals surface area (Å²) < 4.78 is 44.3. The first kappa shape index (κ1) is 24.5. The third-order valence-electron chi connectivity index (χ3n) is 6.18. The van der Waals surface area contributed by atoms with Crippen molar-refractivity contribution in [1.29, 1.82) is 0 Å². The first-order valence-corrected chi connectivity index (χ1v) is 12.3. The second-order valence-electron chi connectivity index (χ2n) is 8.49. The van der Waals surface area contributed by atoms with Crippen LogP contribution in [0.15, 0.2) is 24.3 Å². The molecule has 0 saturated carbocycles. The van der Waals surface area contributed by atoms with Gasteiger partial charge in [-0.25, -0.2) is 4.79 Å². The number of hydrogen-bond donors (Lipinski definition) is 1. The maximum Gasteiger partial charge on any atom is 0.416 e. The Labute approximate surface area is 200 Å². The number of fused-ring (bicyclic) bond motifs is 1. The van der Waals surface area contributed by atoms with E-state index in [1.165, 1.54) is 17.4 Å². The van der Waals surface area contributed by atoms with Crippen LogP contribution in [0.2, 0.25) is 0 Å². The highest BCUT2D eigenvalue weighted by atomic mass is 32.1. The second kappa shape index (κ2) is 10.4. The van der Waals surface area contributed by atoms with Gasteiger partial charge in [0.15, 0.2) is 0 Å². The zero-order valence-electron chi connectivity index (χ0n) is 19.0. The van der Waals surface area contributed by atoms with E-state index < -0.39 is 17.7 Å². The third kappa shape index (κ3) is 5.55. The number of thiophene rings is 1. The molecule has 0 atom stereocenters. The van der Waals surface area contributed by atoms with Gasteiger partial charge in [-0.1, -0.05) is 6.07 Å². The Kier molecular flexibility index (Phi) is 7.47. The van der Waals surface area contributed by atoms with Gasteiger partial charge < -0.3 is 15.0 Å². The number of benzene rings is 1. The average Bonchev–Trinajstić information content (AvgIpc) is 3.17. The van der Waals surface area contributed by atoms with E-state index in [-0.39, 0.29) is 19.1 Å². The number of carbonyl (C=O) groups is 2. The largest absolute Gasteiger partial charge is 0.462 e. The number of piperazine rings is 1. The Bertz CT molecular complexity index is 1050. The summed E-state index contributed by atoms with van der Waals surface area (Å²) >= 11 is 1.46. The molecular weight excluding hydrogens is 467 g/mol. The molecule has 0 radical (unpaired) electrons. The van der Waals surface area contributed by atoms with Crippen LogP contribution in [0.5, 0.6) is 0 Å². The van der Waals surface area contributed by atoms with Crippen LogP contribution in [0.3, 0.4) is 0 Å². The average molecular weight is 496 g/mol. The smallest absolute Gasteiger partial charge is 0.416 e. The lowest BCUT2D eigenvalue weighted by atomic mass is 9.95. The lowest BCUT2D eigenvalue weighted by molar-refractivity contribution is -0.137. The van der Waals surface area contributed by atoms with Gasteiger partial charge in [-0.15, -0.1) is 11.3 Å². The van der Waals surface area contributed by atoms with E-state index in [0.717, 1.165) is 48.3 Å². The monoisotopic (exact) mass is 495 g/mol. The molecule has 6 nitrogen and oxygen atoms in total. The van der Waals surface area contributed by atoms with Crippen molar-refractivity contribution in [3.05, 3.63) is 45.8 Å². The van der Waals surface area contributed by atoms with Gasteiger partial charge in [0.2, 0.25) is 5.91 Å². The number of amides is 1. The maximum absolute atomic E-state index is 13.0. The Hall–Kier alpha value is -2.59. The normalized spacial score (nSPS) is 16.8. The van der Waals surface area contributed by atoms with Crippen molar-refractivity contribution < 1.29 is 27.5 Å². The minimum Gasteiger partial charge on any atom is -0.462 e. The zero-order valence-corrected chi connectivity index (χ0v) is 19.9. The fourth-order valence-electron chi connectivity index (χ4n) is 4.49. The van der Waals surface area contributed by atoms with Crippen LogP contribution in [0, 0.1) is 0 Å². The molecule has 10 heteroatoms. The number of alkyl halides is 3. The molecule has 34 heavy (non-hydrogen) atoms. The summed E-state index contributed by atoms with van der Waals surface area (Å²) in [5.74, 6) is -0.608. The predicted molar refractivity (Wildman–Crippen MR) is 126 cm³/mol. The molecule has 1 aromatic carbocycles. The first-order chi connectivity index (χ1) is 16.3. The first-order valence-electron chi connectivity index (χ1n) is 11.5. The lowest BCUT2D eigenvalue weighted by Crippen LogP contribution is -2.48. The van der Waals surface area contributed by atoms with Crippen LogP contribution in [0.1, 0.15) is 46.1 Å². The van der Waals surface area contributed by atoms with Crippen molar-refractivity contribution in [3.8, 4) is 0 Å². The SMILES string of the molecule is CCOC(=O)c1c(NC(=O)CN2CCN(c3cccc(C(F)(F)F)c3)CC2)sc2c1CCCC2. The van der Waals surface area contributed by atoms with Gasteiger partial charge in [0.05, 0.1) is 24.3 Å². The van der Waals surface area contributed by atoms with Gasteiger partial charge in [0.25, 0.3) is 0 Å². The molecular formula is C24H28F3N3O3S. The number of aryl methyl sites for hydroxylation is 1. The quantitative estimate of drug-likeness (QED) is 0.595. The summed E-state index contributed by atoms with van der Waals surface area (Å²) in [4.78, 5) is 30.4. The Morgan fingerprint density at radius 2 is 1.85 bits per heavy atom. The van der Waals surface area contributed by atoms with Crippen molar-refractivity contribution in [3.63, 3.8) is 0 Å². The number of hydrogen-bond acceptors (Lipinski definition) is 6. The highest BCUT2D eigenvalue weighted by molar-refractivity contribution is 7.17. The van der Waals surface area contributed by atoms with E-state index in [4.69, 9.17) is 4.74 Å². The Morgan fingerprint density at radius 1 is 1.12 bits per heavy atom. The molecule has 1 saturated heterocycles. The Morgan fingerprint density at radius 3 is 2.56 bits per heavy atom. The summed E-state index contributed by atoms with van der Waals surface area (Å²) in [5, 5.41) is 3.47. The summed E-state index contributed by atoms with van der Waals surface area (Å²) in [6, 6.07) is 5.32. The summed E-state index contributed by atoms with van der Waals surface area (Å²) in [6.07, 6.45) is -0.578. The predicted octanol–water partition coefficient (Wildman–Crippen LogP) is 4.58. The molecule has 0 bridgehead atoms. The molecule has 2 heterocycles. The second-order valence-corrected chi connectivity index (χ2v) is 9.60. The van der Waals surface area contributed by atoms with E-state index in [9.17, 15) is 22.8 Å². The molecule has 2 aliphatic rings. The van der Waals surface area contributed by atoms with Gasteiger partial charge in [-0.2, -0.15) is 13.2 Å². The van der Waals surface area contributed by atoms with Crippen LogP contribution in [0.25, 0.3) is 0 Å². The standard InChI is InChI=1S/C24H28F3N3O3S/c1-2-33-23(32)21-18-8-3-4-9-19(18)34-22(21)28-20(31)15-29-10-12-30(13-11-29)17-7-5-6-16(14-17)24(25,26)27/h5-7,14H,2-4,8-13,15H2,1H3,(H,28,31). The molecule has 1 fully saturated rings. The molecule has 184 valence electrons. The fraction of sp³-hybridized carbons (Fsp3) is 0.500. The van der Waals surface area contributed by atoms with Gasteiger partial charge in [-0.3, -0.25) is 9.69 Å². The highest BCUT2D eigenvalue weighted by Crippen LogP contribution is 2.38. The minimum atomic E-state index is -4.38. The molecule has 1 amide bonds. The van der Waals surface area contributed by atoms with Crippen LogP contribution in [-0.4, -0.2) is 56.1 Å². The lowest BCUT2D eigenvalue weighted by Gasteiger charge is -2.36. The molecule has 4 rings (SSSR count). The molecule has 1 N–H and O–H groups in total. The van der Waals surface area contributed by atoms with Gasteiger partial charge in [0.1, 0.15) is 5.00 Å². The number of carbonyl (C=O) groups excluding carboxylic acids is 2. The third-order valence-corrected chi connectivity index (χ3v) is 7.39. The Balaban J connectivity index is 1.36. The molecule has 0 unspecified atom stereocenters. The molecule has 2 aromatic rings. The van der Waals surface area contributed by atoms with Crippen LogP contribution in [0.4, 0.5) is 23.9 Å². The van der Waals surface area contributed by atoms with Crippen molar-refractivity contribution >= 4 is 33.9 Å². The molecule has 0 spiro atoms. The summed E-state index contributed by atoms with van der Waals surface area (Å²) in [6.45, 7) is 4.33. The number of nitrogens with zero attached hydrogens (tertiary/aromatic N) is 2. The number of ether oxygens (including phenoxy) is 1. The van der Waals surface area contributed by atoms with Crippen molar-refractivity contribution in [2.45, 2.75) is 38.8 Å². The molecule has 1 aromatic heterocycles. The minimum absolute atomic E-state index is 0.154. The fourth-order valence-corrected chi connectivity index (χ4v) is 5.78. The topological polar surface area (TPSA) is 61.9 Å². The van der Waals surface area contributed by atoms with E-state index >= 15 is 0 Å². The number of halogens is 3. The van der Waals surface area contributed by atoms with Crippen molar-refractivity contribution in [2.24, 2.45) is 0 Å². The van der Waals surface area contributed by atoms with Gasteiger partial charge in [0, 0.05) is 36.7 Å². The van der Waals surface area contributed by atoms with E-state index in [2.05, 4.69) is 5.32 Å². The van der Waals surface area contributed by atoms with Crippen LogP contribution < -0.4 is 10.2 Å². The van der Waals surface area contributed by atoms with Crippen LogP contribution >= 0.6 is 11.3 Å². The number of esters is 1. The number of anilines is 2. The molecule has 1 aliphatic heterocycles.